The highest BCUT2D eigenvalue weighted by Crippen LogP contribution is 2.33. The molecule has 1 amide bonds. The first-order valence-corrected chi connectivity index (χ1v) is 10.4. The van der Waals surface area contributed by atoms with Crippen molar-refractivity contribution in [1.29, 1.82) is 0 Å². The van der Waals surface area contributed by atoms with E-state index in [0.717, 1.165) is 15.3 Å². The van der Waals surface area contributed by atoms with Crippen LogP contribution in [0, 0.1) is 0 Å². The molecule has 0 radical (unpaired) electrons. The smallest absolute Gasteiger partial charge is 0.265 e. The number of hydrogen-bond acceptors (Lipinski definition) is 5. The Morgan fingerprint density at radius 3 is 2.71 bits per heavy atom. The number of carbonyl (C=O) groups is 1. The van der Waals surface area contributed by atoms with Gasteiger partial charge in [0.25, 0.3) is 5.91 Å². The Labute approximate surface area is 158 Å². The van der Waals surface area contributed by atoms with Gasteiger partial charge in [-0.05, 0) is 47.1 Å². The zero-order chi connectivity index (χ0) is 16.9. The van der Waals surface area contributed by atoms with E-state index in [9.17, 15) is 4.79 Å². The second-order valence-corrected chi connectivity index (χ2v) is 9.01. The van der Waals surface area contributed by atoms with Gasteiger partial charge in [0.2, 0.25) is 6.10 Å². The van der Waals surface area contributed by atoms with Gasteiger partial charge in [0.15, 0.2) is 11.5 Å². The Hall–Kier alpha value is -1.18. The van der Waals surface area contributed by atoms with Crippen LogP contribution in [-0.4, -0.2) is 30.4 Å². The summed E-state index contributed by atoms with van der Waals surface area (Å²) in [5.41, 5.74) is 0. The summed E-state index contributed by atoms with van der Waals surface area (Å²) in [7, 11) is 0. The zero-order valence-electron chi connectivity index (χ0n) is 13.2. The summed E-state index contributed by atoms with van der Waals surface area (Å²) in [6.45, 7) is 2.47. The zero-order valence-corrected chi connectivity index (χ0v) is 16.4. The van der Waals surface area contributed by atoms with Crippen LogP contribution in [0.25, 0.3) is 0 Å². The number of carbonyl (C=O) groups excluding carboxylic acids is 1. The first-order chi connectivity index (χ1) is 11.6. The van der Waals surface area contributed by atoms with E-state index in [-0.39, 0.29) is 12.0 Å². The minimum absolute atomic E-state index is 0.128. The molecular weight excluding hydrogens is 410 g/mol. The lowest BCUT2D eigenvalue weighted by Crippen LogP contribution is -2.49. The second kappa shape index (κ2) is 8.27. The summed E-state index contributed by atoms with van der Waals surface area (Å²) in [6.07, 6.45) is -0.922. The normalized spacial score (nSPS) is 19.1. The summed E-state index contributed by atoms with van der Waals surface area (Å²) in [5.74, 6) is 3.00. The first-order valence-electron chi connectivity index (χ1n) is 7.65. The van der Waals surface area contributed by atoms with E-state index >= 15 is 0 Å². The van der Waals surface area contributed by atoms with Crippen molar-refractivity contribution in [2.24, 2.45) is 0 Å². The number of fused-ring (bicyclic) bond motifs is 1. The molecule has 0 bridgehead atoms. The Kier molecular flexibility index (Phi) is 6.08. The van der Waals surface area contributed by atoms with E-state index < -0.39 is 6.10 Å². The van der Waals surface area contributed by atoms with Gasteiger partial charge < -0.3 is 14.8 Å². The highest BCUT2D eigenvalue weighted by molar-refractivity contribution is 9.11. The molecule has 1 aromatic heterocycles. The maximum atomic E-state index is 12.3. The van der Waals surface area contributed by atoms with Crippen molar-refractivity contribution in [3.8, 4) is 11.5 Å². The molecule has 0 saturated carbocycles. The van der Waals surface area contributed by atoms with Crippen molar-refractivity contribution in [3.63, 3.8) is 0 Å². The molecule has 128 valence electrons. The summed E-state index contributed by atoms with van der Waals surface area (Å²) in [4.78, 5) is 13.7. The number of thioether (sulfide) groups is 1. The molecule has 4 nitrogen and oxygen atoms in total. The molecule has 7 heteroatoms. The Morgan fingerprint density at radius 2 is 2.00 bits per heavy atom. The van der Waals surface area contributed by atoms with Crippen LogP contribution in [-0.2, 0) is 10.5 Å². The topological polar surface area (TPSA) is 47.6 Å². The molecule has 1 aliphatic heterocycles. The standard InChI is InChI=1S/C17H18BrNO3S2/c1-11-16(22-14-5-3-2-4-13(14)21-11)17(20)19-8-9-23-10-12-6-7-15(18)24-12/h2-7,11,16H,8-10H2,1H3,(H,19,20)/t11-,16-/m1/s1. The number of halogens is 1. The lowest BCUT2D eigenvalue weighted by Gasteiger charge is -2.31. The molecule has 3 rings (SSSR count). The van der Waals surface area contributed by atoms with Crippen molar-refractivity contribution in [1.82, 2.24) is 5.32 Å². The largest absolute Gasteiger partial charge is 0.482 e. The van der Waals surface area contributed by atoms with Crippen LogP contribution in [0.2, 0.25) is 0 Å². The summed E-state index contributed by atoms with van der Waals surface area (Å²) >= 11 is 7.00. The molecule has 2 heterocycles. The van der Waals surface area contributed by atoms with Crippen molar-refractivity contribution >= 4 is 44.9 Å². The van der Waals surface area contributed by atoms with Gasteiger partial charge in [-0.2, -0.15) is 11.8 Å². The van der Waals surface area contributed by atoms with Gasteiger partial charge in [0.1, 0.15) is 6.10 Å². The molecule has 1 aromatic carbocycles. The average molecular weight is 428 g/mol. The van der Waals surface area contributed by atoms with Crippen molar-refractivity contribution in [3.05, 3.63) is 45.1 Å². The van der Waals surface area contributed by atoms with E-state index in [4.69, 9.17) is 9.47 Å². The SMILES string of the molecule is C[C@H]1Oc2ccccc2O[C@H]1C(=O)NCCSCc1ccc(Br)s1. The highest BCUT2D eigenvalue weighted by Gasteiger charge is 2.33. The quantitative estimate of drug-likeness (QED) is 0.705. The number of ether oxygens (including phenoxy) is 2. The Balaban J connectivity index is 1.42. The fraction of sp³-hybridized carbons (Fsp3) is 0.353. The van der Waals surface area contributed by atoms with Crippen LogP contribution < -0.4 is 14.8 Å². The average Bonchev–Trinajstić information content (AvgIpc) is 2.99. The van der Waals surface area contributed by atoms with E-state index in [2.05, 4.69) is 33.4 Å². The molecule has 0 spiro atoms. The predicted molar refractivity (Wildman–Crippen MR) is 102 cm³/mol. The number of rotatable bonds is 6. The minimum atomic E-state index is -0.613. The van der Waals surface area contributed by atoms with E-state index in [1.54, 1.807) is 23.1 Å². The molecule has 0 unspecified atom stereocenters. The van der Waals surface area contributed by atoms with Gasteiger partial charge in [-0.25, -0.2) is 0 Å². The molecule has 24 heavy (non-hydrogen) atoms. The van der Waals surface area contributed by atoms with Gasteiger partial charge in [0, 0.05) is 22.9 Å². The van der Waals surface area contributed by atoms with Crippen molar-refractivity contribution < 1.29 is 14.3 Å². The van der Waals surface area contributed by atoms with Crippen LogP contribution in [0.1, 0.15) is 11.8 Å². The number of hydrogen-bond donors (Lipinski definition) is 1. The van der Waals surface area contributed by atoms with E-state index in [0.29, 0.717) is 18.0 Å². The number of amides is 1. The molecule has 0 fully saturated rings. The molecule has 2 aromatic rings. The monoisotopic (exact) mass is 427 g/mol. The number of thiophene rings is 1. The number of nitrogens with one attached hydrogen (secondary N) is 1. The molecule has 0 saturated heterocycles. The summed E-state index contributed by atoms with van der Waals surface area (Å²) in [5, 5.41) is 2.93. The van der Waals surface area contributed by atoms with Gasteiger partial charge in [-0.1, -0.05) is 12.1 Å². The first kappa shape index (κ1) is 17.6. The van der Waals surface area contributed by atoms with Gasteiger partial charge in [-0.3, -0.25) is 4.79 Å². The summed E-state index contributed by atoms with van der Waals surface area (Å²) < 4.78 is 12.7. The molecular formula is C17H18BrNO3S2. The maximum absolute atomic E-state index is 12.3. The van der Waals surface area contributed by atoms with Gasteiger partial charge in [0.05, 0.1) is 3.79 Å². The van der Waals surface area contributed by atoms with Crippen LogP contribution >= 0.6 is 39.0 Å². The molecule has 0 aliphatic carbocycles. The number of para-hydroxylation sites is 2. The van der Waals surface area contributed by atoms with Gasteiger partial charge >= 0.3 is 0 Å². The third kappa shape index (κ3) is 4.46. The molecule has 1 N–H and O–H groups in total. The fourth-order valence-electron chi connectivity index (χ4n) is 2.36. The minimum Gasteiger partial charge on any atom is -0.482 e. The molecule has 1 aliphatic rings. The van der Waals surface area contributed by atoms with Crippen LogP contribution in [0.3, 0.4) is 0 Å². The van der Waals surface area contributed by atoms with Crippen LogP contribution in [0.4, 0.5) is 0 Å². The Bertz CT molecular complexity index is 707. The predicted octanol–water partition coefficient (Wildman–Crippen LogP) is 4.09. The number of benzene rings is 1. The van der Waals surface area contributed by atoms with Crippen molar-refractivity contribution in [2.75, 3.05) is 12.3 Å². The van der Waals surface area contributed by atoms with E-state index in [1.807, 2.05) is 31.2 Å². The maximum Gasteiger partial charge on any atom is 0.265 e. The van der Waals surface area contributed by atoms with Crippen LogP contribution in [0.15, 0.2) is 40.2 Å². The highest BCUT2D eigenvalue weighted by atomic mass is 79.9. The Morgan fingerprint density at radius 1 is 1.25 bits per heavy atom. The lowest BCUT2D eigenvalue weighted by molar-refractivity contribution is -0.133. The summed E-state index contributed by atoms with van der Waals surface area (Å²) in [6, 6.07) is 11.6. The molecule has 2 atom stereocenters. The van der Waals surface area contributed by atoms with Gasteiger partial charge in [-0.15, -0.1) is 11.3 Å². The van der Waals surface area contributed by atoms with Crippen molar-refractivity contribution in [2.45, 2.75) is 24.9 Å². The van der Waals surface area contributed by atoms with Crippen LogP contribution in [0.5, 0.6) is 11.5 Å². The fourth-order valence-corrected chi connectivity index (χ4v) is 4.81. The third-order valence-electron chi connectivity index (χ3n) is 3.52. The second-order valence-electron chi connectivity index (χ2n) is 5.36. The lowest BCUT2D eigenvalue weighted by atomic mass is 10.1. The van der Waals surface area contributed by atoms with E-state index in [1.165, 1.54) is 4.88 Å². The third-order valence-corrected chi connectivity index (χ3v) is 6.33.